The minimum atomic E-state index is -1.43. The maximum atomic E-state index is 13.8. The molecule has 14 nitrogen and oxygen atoms in total. The summed E-state index contributed by atoms with van der Waals surface area (Å²) in [4.78, 5) is 55.7. The van der Waals surface area contributed by atoms with Crippen molar-refractivity contribution in [3.8, 4) is 0 Å². The van der Waals surface area contributed by atoms with Gasteiger partial charge in [0.15, 0.2) is 5.79 Å². The molecule has 0 radical (unpaired) electrons. The number of amides is 4. The highest BCUT2D eigenvalue weighted by atomic mass is 127. The highest BCUT2D eigenvalue weighted by molar-refractivity contribution is 14.1. The third-order valence-electron chi connectivity index (χ3n) is 6.50. The monoisotopic (exact) mass is 1070 g/mol. The first-order valence-corrected chi connectivity index (χ1v) is 18.1. The number of anilines is 1. The molecular weight excluding hydrogens is 1040 g/mol. The van der Waals surface area contributed by atoms with Crippen LogP contribution in [0.5, 0.6) is 0 Å². The second kappa shape index (κ2) is 17.8. The molecule has 4 amide bonds. The van der Waals surface area contributed by atoms with E-state index in [1.165, 1.54) is 4.90 Å². The molecule has 0 aliphatic carbocycles. The van der Waals surface area contributed by atoms with Crippen LogP contribution in [0.4, 0.5) is 5.69 Å². The topological polar surface area (TPSA) is 212 Å². The van der Waals surface area contributed by atoms with Crippen molar-refractivity contribution in [3.05, 3.63) is 21.8 Å². The number of hydrogen-bond acceptors (Lipinski definition) is 10. The van der Waals surface area contributed by atoms with Crippen LogP contribution in [-0.4, -0.2) is 123 Å². The van der Waals surface area contributed by atoms with Gasteiger partial charge in [0.2, 0.25) is 11.8 Å². The van der Waals surface area contributed by atoms with Gasteiger partial charge < -0.3 is 50.8 Å². The number of ether oxygens (including phenoxy) is 2. The molecule has 1 aromatic rings. The van der Waals surface area contributed by atoms with Gasteiger partial charge in [0.05, 0.1) is 62.5 Å². The van der Waals surface area contributed by atoms with E-state index in [9.17, 15) is 39.6 Å². The van der Waals surface area contributed by atoms with Crippen molar-refractivity contribution in [2.45, 2.75) is 57.3 Å². The standard InChI is InChI=1S/C26H36I4N4O10/c1-12(5-27)33(7-13(37)9-35)16(39)4-17(40)34(8-14(38)10-36)23-21(29)18(24(31)41)20(28)19(22(23)30)25(42)32-6-15-11-43-26(2,3)44-15/h12-15,35-38H,4-11H2,1-3H3,(H2,31,41)(H,32,42). The van der Waals surface area contributed by atoms with E-state index >= 15 is 0 Å². The summed E-state index contributed by atoms with van der Waals surface area (Å²) in [5.41, 5.74) is 5.78. The zero-order chi connectivity index (χ0) is 33.5. The minimum absolute atomic E-state index is 0.0396. The lowest BCUT2D eigenvalue weighted by Gasteiger charge is -2.32. The molecule has 1 aliphatic heterocycles. The third-order valence-corrected chi connectivity index (χ3v) is 11.0. The second-order valence-electron chi connectivity index (χ2n) is 10.5. The van der Waals surface area contributed by atoms with Crippen LogP contribution in [-0.2, 0) is 19.1 Å². The molecule has 18 heteroatoms. The predicted molar refractivity (Wildman–Crippen MR) is 194 cm³/mol. The van der Waals surface area contributed by atoms with Crippen LogP contribution in [0.15, 0.2) is 0 Å². The van der Waals surface area contributed by atoms with Crippen LogP contribution in [0.2, 0.25) is 0 Å². The van der Waals surface area contributed by atoms with E-state index in [2.05, 4.69) is 27.9 Å². The van der Waals surface area contributed by atoms with E-state index in [0.717, 1.165) is 4.90 Å². The van der Waals surface area contributed by atoms with Gasteiger partial charge in [-0.1, -0.05) is 22.6 Å². The van der Waals surface area contributed by atoms with Gasteiger partial charge in [-0.2, -0.15) is 0 Å². The summed E-state index contributed by atoms with van der Waals surface area (Å²) in [5, 5.41) is 42.1. The Morgan fingerprint density at radius 2 is 1.57 bits per heavy atom. The lowest BCUT2D eigenvalue weighted by atomic mass is 10.1. The van der Waals surface area contributed by atoms with Gasteiger partial charge in [-0.25, -0.2) is 0 Å². The predicted octanol–water partition coefficient (Wildman–Crippen LogP) is 0.562. The zero-order valence-electron chi connectivity index (χ0n) is 24.2. The van der Waals surface area contributed by atoms with E-state index in [0.29, 0.717) is 4.43 Å². The normalized spacial score (nSPS) is 17.9. The SMILES string of the molecule is CC(CI)N(CC(O)CO)C(=O)CC(=O)N(CC(O)CO)c1c(I)c(C(N)=O)c(I)c(C(=O)NCC2COC(C)(C)O2)c1I. The van der Waals surface area contributed by atoms with Crippen molar-refractivity contribution in [1.82, 2.24) is 10.2 Å². The molecule has 1 fully saturated rings. The number of carbonyl (C=O) groups excluding carboxylic acids is 4. The number of halogens is 4. The molecule has 248 valence electrons. The molecule has 0 spiro atoms. The number of alkyl halides is 1. The fourth-order valence-electron chi connectivity index (χ4n) is 4.27. The first-order valence-electron chi connectivity index (χ1n) is 13.3. The Bertz CT molecular complexity index is 1240. The van der Waals surface area contributed by atoms with Crippen molar-refractivity contribution < 1.29 is 49.1 Å². The van der Waals surface area contributed by atoms with Crippen LogP contribution in [0, 0.1) is 10.7 Å². The third kappa shape index (κ3) is 10.4. The quantitative estimate of drug-likeness (QED) is 0.0817. The molecule has 0 bridgehead atoms. The number of nitrogens with zero attached hydrogens (tertiary/aromatic N) is 2. The number of rotatable bonds is 15. The fraction of sp³-hybridized carbons (Fsp3) is 0.615. The molecule has 1 heterocycles. The minimum Gasteiger partial charge on any atom is -0.394 e. The number of carbonyl (C=O) groups is 4. The Kier molecular flexibility index (Phi) is 16.2. The summed E-state index contributed by atoms with van der Waals surface area (Å²) in [7, 11) is 0. The highest BCUT2D eigenvalue weighted by Crippen LogP contribution is 2.38. The molecule has 0 aromatic heterocycles. The second-order valence-corrected chi connectivity index (χ2v) is 14.6. The van der Waals surface area contributed by atoms with Crippen LogP contribution in [0.25, 0.3) is 0 Å². The molecule has 1 saturated heterocycles. The fourth-order valence-corrected chi connectivity index (χ4v) is 9.52. The van der Waals surface area contributed by atoms with Crippen molar-refractivity contribution in [1.29, 1.82) is 0 Å². The van der Waals surface area contributed by atoms with Gasteiger partial charge in [-0.3, -0.25) is 19.2 Å². The molecule has 0 saturated carbocycles. The van der Waals surface area contributed by atoms with Crippen molar-refractivity contribution in [3.63, 3.8) is 0 Å². The van der Waals surface area contributed by atoms with E-state index in [1.807, 2.05) is 67.8 Å². The van der Waals surface area contributed by atoms with Crippen LogP contribution >= 0.6 is 90.4 Å². The van der Waals surface area contributed by atoms with E-state index < -0.39 is 73.9 Å². The maximum Gasteiger partial charge on any atom is 0.253 e. The van der Waals surface area contributed by atoms with Crippen molar-refractivity contribution in [2.24, 2.45) is 5.73 Å². The molecule has 7 N–H and O–H groups in total. The van der Waals surface area contributed by atoms with E-state index in [4.69, 9.17) is 15.2 Å². The van der Waals surface area contributed by atoms with Gasteiger partial charge >= 0.3 is 0 Å². The molecular formula is C26H36I4N4O10. The van der Waals surface area contributed by atoms with Gasteiger partial charge in [0, 0.05) is 27.1 Å². The maximum absolute atomic E-state index is 13.8. The molecule has 2 rings (SSSR count). The number of hydrogen-bond donors (Lipinski definition) is 6. The van der Waals surface area contributed by atoms with Crippen molar-refractivity contribution in [2.75, 3.05) is 48.8 Å². The summed E-state index contributed by atoms with van der Waals surface area (Å²) in [6.07, 6.45) is -3.80. The Labute approximate surface area is 309 Å². The van der Waals surface area contributed by atoms with E-state index in [1.54, 1.807) is 20.8 Å². The Morgan fingerprint density at radius 1 is 1.00 bits per heavy atom. The number of aliphatic hydroxyl groups is 4. The van der Waals surface area contributed by atoms with Gasteiger partial charge in [0.25, 0.3) is 11.8 Å². The van der Waals surface area contributed by atoms with Crippen LogP contribution in [0.1, 0.15) is 47.9 Å². The summed E-state index contributed by atoms with van der Waals surface area (Å²) in [5.74, 6) is -3.71. The molecule has 4 atom stereocenters. The number of aliphatic hydroxyl groups excluding tert-OH is 4. The zero-order valence-corrected chi connectivity index (χ0v) is 32.8. The van der Waals surface area contributed by atoms with Gasteiger partial charge in [0.1, 0.15) is 12.5 Å². The van der Waals surface area contributed by atoms with Crippen LogP contribution in [0.3, 0.4) is 0 Å². The first kappa shape index (κ1) is 40.0. The Balaban J connectivity index is 2.58. The number of nitrogens with two attached hydrogens (primary N) is 1. The molecule has 4 unspecified atom stereocenters. The number of benzene rings is 1. The highest BCUT2D eigenvalue weighted by Gasteiger charge is 2.36. The molecule has 1 aromatic carbocycles. The smallest absolute Gasteiger partial charge is 0.253 e. The van der Waals surface area contributed by atoms with Gasteiger partial charge in [-0.05, 0) is 88.5 Å². The van der Waals surface area contributed by atoms with Crippen molar-refractivity contribution >= 4 is 120 Å². The molecule has 44 heavy (non-hydrogen) atoms. The van der Waals surface area contributed by atoms with E-state index in [-0.39, 0.29) is 53.3 Å². The summed E-state index contributed by atoms with van der Waals surface area (Å²) >= 11 is 7.57. The average Bonchev–Trinajstić information content (AvgIpc) is 3.31. The Morgan fingerprint density at radius 3 is 2.07 bits per heavy atom. The lowest BCUT2D eigenvalue weighted by Crippen LogP contribution is -2.48. The lowest BCUT2D eigenvalue weighted by molar-refractivity contribution is -0.138. The Hall–Kier alpha value is -0.220. The summed E-state index contributed by atoms with van der Waals surface area (Å²) < 4.78 is 12.4. The summed E-state index contributed by atoms with van der Waals surface area (Å²) in [6, 6.07) is -0.385. The molecule has 1 aliphatic rings. The first-order chi connectivity index (χ1) is 20.5. The number of nitrogens with one attached hydrogen (secondary N) is 1. The number of primary amides is 1. The summed E-state index contributed by atoms with van der Waals surface area (Å²) in [6.45, 7) is 3.58. The largest absolute Gasteiger partial charge is 0.394 e. The van der Waals surface area contributed by atoms with Gasteiger partial charge in [-0.15, -0.1) is 0 Å². The van der Waals surface area contributed by atoms with Crippen LogP contribution < -0.4 is 16.0 Å². The average molecular weight is 1070 g/mol.